The third-order valence-electron chi connectivity index (χ3n) is 1.40. The van der Waals surface area contributed by atoms with Crippen molar-refractivity contribution in [2.45, 2.75) is 6.92 Å². The highest BCUT2D eigenvalue weighted by Crippen LogP contribution is 2.17. The van der Waals surface area contributed by atoms with Gasteiger partial charge in [0.25, 0.3) is 0 Å². The minimum atomic E-state index is 0.281. The Kier molecular flexibility index (Phi) is 2.60. The summed E-state index contributed by atoms with van der Waals surface area (Å²) in [5.74, 6) is 3.12. The summed E-state index contributed by atoms with van der Waals surface area (Å²) in [5, 5.41) is 0. The van der Waals surface area contributed by atoms with Gasteiger partial charge in [-0.1, -0.05) is 5.92 Å². The van der Waals surface area contributed by atoms with Crippen LogP contribution in [0.1, 0.15) is 5.56 Å². The highest BCUT2D eigenvalue weighted by atomic mass is 16.5. The predicted octanol–water partition coefficient (Wildman–Crippen LogP) is 1.59. The van der Waals surface area contributed by atoms with Crippen molar-refractivity contribution in [1.29, 1.82) is 0 Å². The fourth-order valence-corrected chi connectivity index (χ4v) is 0.985. The smallest absolute Gasteiger partial charge is 0.148 e. The number of rotatable bonds is 2. The van der Waals surface area contributed by atoms with Crippen molar-refractivity contribution in [3.63, 3.8) is 0 Å². The van der Waals surface area contributed by atoms with E-state index in [0.29, 0.717) is 5.69 Å². The first-order valence-electron chi connectivity index (χ1n) is 3.66. The number of terminal acetylenes is 1. The fourth-order valence-electron chi connectivity index (χ4n) is 0.985. The molecule has 12 heavy (non-hydrogen) atoms. The molecule has 0 saturated carbocycles. The van der Waals surface area contributed by atoms with Gasteiger partial charge in [0, 0.05) is 11.8 Å². The van der Waals surface area contributed by atoms with Crippen LogP contribution in [0.4, 0.5) is 5.69 Å². The molecule has 0 spiro atoms. The van der Waals surface area contributed by atoms with Crippen LogP contribution in [-0.4, -0.2) is 6.61 Å². The molecule has 0 aromatic heterocycles. The summed E-state index contributed by atoms with van der Waals surface area (Å²) >= 11 is 0. The molecule has 2 heteroatoms. The molecule has 0 heterocycles. The van der Waals surface area contributed by atoms with Gasteiger partial charge in [-0.05, 0) is 24.6 Å². The third-order valence-corrected chi connectivity index (χ3v) is 1.40. The molecule has 62 valence electrons. The van der Waals surface area contributed by atoms with E-state index >= 15 is 0 Å². The zero-order chi connectivity index (χ0) is 8.97. The molecule has 0 radical (unpaired) electrons. The van der Waals surface area contributed by atoms with Crippen LogP contribution in [-0.2, 0) is 0 Å². The summed E-state index contributed by atoms with van der Waals surface area (Å²) in [6, 6.07) is 5.53. The normalized spacial score (nSPS) is 9.00. The number of hydrogen-bond donors (Lipinski definition) is 1. The molecule has 1 aromatic rings. The van der Waals surface area contributed by atoms with E-state index in [9.17, 15) is 0 Å². The van der Waals surface area contributed by atoms with Crippen LogP contribution in [0.3, 0.4) is 0 Å². The molecular formula is C10H11NO. The van der Waals surface area contributed by atoms with Crippen molar-refractivity contribution in [2.75, 3.05) is 12.3 Å². The Labute approximate surface area is 72.3 Å². The van der Waals surface area contributed by atoms with Crippen LogP contribution in [0.15, 0.2) is 18.2 Å². The molecule has 1 rings (SSSR count). The molecule has 2 N–H and O–H groups in total. The van der Waals surface area contributed by atoms with Crippen molar-refractivity contribution in [3.05, 3.63) is 23.8 Å². The Morgan fingerprint density at radius 2 is 2.25 bits per heavy atom. The molecule has 0 aliphatic heterocycles. The van der Waals surface area contributed by atoms with Gasteiger partial charge in [0.15, 0.2) is 0 Å². The first-order valence-corrected chi connectivity index (χ1v) is 3.66. The second-order valence-corrected chi connectivity index (χ2v) is 2.57. The number of hydrogen-bond acceptors (Lipinski definition) is 2. The fraction of sp³-hybridized carbons (Fsp3) is 0.200. The maximum Gasteiger partial charge on any atom is 0.148 e. The molecule has 0 unspecified atom stereocenters. The van der Waals surface area contributed by atoms with E-state index in [4.69, 9.17) is 16.9 Å². The van der Waals surface area contributed by atoms with Crippen molar-refractivity contribution < 1.29 is 4.74 Å². The molecule has 0 fully saturated rings. The average Bonchev–Trinajstić information content (AvgIpc) is 1.99. The van der Waals surface area contributed by atoms with Crippen LogP contribution in [0, 0.1) is 19.3 Å². The number of ether oxygens (including phenoxy) is 1. The van der Waals surface area contributed by atoms with Crippen molar-refractivity contribution in [1.82, 2.24) is 0 Å². The van der Waals surface area contributed by atoms with Gasteiger partial charge in [-0.2, -0.15) is 0 Å². The second-order valence-electron chi connectivity index (χ2n) is 2.57. The number of benzene rings is 1. The van der Waals surface area contributed by atoms with Gasteiger partial charge < -0.3 is 10.5 Å². The van der Waals surface area contributed by atoms with Gasteiger partial charge in [-0.25, -0.2) is 0 Å². The van der Waals surface area contributed by atoms with E-state index in [2.05, 4.69) is 5.92 Å². The molecule has 0 amide bonds. The van der Waals surface area contributed by atoms with E-state index in [-0.39, 0.29) is 6.61 Å². The molecule has 1 aromatic carbocycles. The third kappa shape index (κ3) is 2.21. The summed E-state index contributed by atoms with van der Waals surface area (Å²) in [7, 11) is 0. The molecule has 0 atom stereocenters. The zero-order valence-electron chi connectivity index (χ0n) is 7.00. The van der Waals surface area contributed by atoms with Crippen LogP contribution in [0.25, 0.3) is 0 Å². The van der Waals surface area contributed by atoms with E-state index in [1.807, 2.05) is 19.1 Å². The van der Waals surface area contributed by atoms with Crippen molar-refractivity contribution in [2.24, 2.45) is 0 Å². The van der Waals surface area contributed by atoms with E-state index < -0.39 is 0 Å². The molecule has 0 aliphatic rings. The highest BCUT2D eigenvalue weighted by Gasteiger charge is 1.95. The van der Waals surface area contributed by atoms with E-state index in [0.717, 1.165) is 11.3 Å². The van der Waals surface area contributed by atoms with Crippen LogP contribution in [0.5, 0.6) is 5.75 Å². The summed E-state index contributed by atoms with van der Waals surface area (Å²) in [6.45, 7) is 2.24. The lowest BCUT2D eigenvalue weighted by molar-refractivity contribution is 0.370. The van der Waals surface area contributed by atoms with E-state index in [1.54, 1.807) is 6.07 Å². The quantitative estimate of drug-likeness (QED) is 0.528. The first-order chi connectivity index (χ1) is 5.72. The maximum absolute atomic E-state index is 5.60. The Bertz CT molecular complexity index is 292. The van der Waals surface area contributed by atoms with Gasteiger partial charge in [-0.15, -0.1) is 6.42 Å². The van der Waals surface area contributed by atoms with Crippen LogP contribution in [0.2, 0.25) is 0 Å². The number of anilines is 1. The lowest BCUT2D eigenvalue weighted by atomic mass is 10.2. The minimum absolute atomic E-state index is 0.281. The summed E-state index contributed by atoms with van der Waals surface area (Å²) in [4.78, 5) is 0. The maximum atomic E-state index is 5.60. The second kappa shape index (κ2) is 3.68. The van der Waals surface area contributed by atoms with Gasteiger partial charge in [0.2, 0.25) is 0 Å². The molecule has 0 bridgehead atoms. The van der Waals surface area contributed by atoms with E-state index in [1.165, 1.54) is 0 Å². The molecule has 2 nitrogen and oxygen atoms in total. The predicted molar refractivity (Wildman–Crippen MR) is 49.9 cm³/mol. The number of nitrogen functional groups attached to an aromatic ring is 1. The van der Waals surface area contributed by atoms with Gasteiger partial charge in [0.05, 0.1) is 0 Å². The zero-order valence-corrected chi connectivity index (χ0v) is 7.00. The highest BCUT2D eigenvalue weighted by molar-refractivity contribution is 5.47. The van der Waals surface area contributed by atoms with Gasteiger partial charge in [0.1, 0.15) is 12.4 Å². The summed E-state index contributed by atoms with van der Waals surface area (Å²) in [5.41, 5.74) is 7.37. The Morgan fingerprint density at radius 3 is 2.83 bits per heavy atom. The standard InChI is InChI=1S/C10H11NO/c1-3-4-12-10-6-8(2)5-9(11)7-10/h1,5-7H,4,11H2,2H3. The SMILES string of the molecule is C#CCOc1cc(C)cc(N)c1. The molecule has 0 saturated heterocycles. The van der Waals surface area contributed by atoms with Gasteiger partial charge >= 0.3 is 0 Å². The van der Waals surface area contributed by atoms with Crippen LogP contribution >= 0.6 is 0 Å². The topological polar surface area (TPSA) is 35.2 Å². The van der Waals surface area contributed by atoms with Crippen LogP contribution < -0.4 is 10.5 Å². The molecule has 0 aliphatic carbocycles. The number of nitrogens with two attached hydrogens (primary N) is 1. The first kappa shape index (κ1) is 8.48. The van der Waals surface area contributed by atoms with Crippen molar-refractivity contribution in [3.8, 4) is 18.1 Å². The Balaban J connectivity index is 2.80. The average molecular weight is 161 g/mol. The van der Waals surface area contributed by atoms with Gasteiger partial charge in [-0.3, -0.25) is 0 Å². The summed E-state index contributed by atoms with van der Waals surface area (Å²) < 4.78 is 5.20. The number of aryl methyl sites for hydroxylation is 1. The van der Waals surface area contributed by atoms with Crippen molar-refractivity contribution >= 4 is 5.69 Å². The lowest BCUT2D eigenvalue weighted by Gasteiger charge is -2.04. The Morgan fingerprint density at radius 1 is 1.50 bits per heavy atom. The minimum Gasteiger partial charge on any atom is -0.481 e. The monoisotopic (exact) mass is 161 g/mol. The molecular weight excluding hydrogens is 150 g/mol. The Hall–Kier alpha value is -1.62. The summed E-state index contributed by atoms with van der Waals surface area (Å²) in [6.07, 6.45) is 5.05. The largest absolute Gasteiger partial charge is 0.481 e. The lowest BCUT2D eigenvalue weighted by Crippen LogP contribution is -1.95.